The summed E-state index contributed by atoms with van der Waals surface area (Å²) in [6.45, 7) is -0.145. The highest BCUT2D eigenvalue weighted by atomic mass is 35.5. The molecule has 1 aromatic carbocycles. The van der Waals surface area contributed by atoms with Gasteiger partial charge in [-0.25, -0.2) is 9.37 Å². The highest BCUT2D eigenvalue weighted by Gasteiger charge is 2.16. The molecule has 0 atom stereocenters. The zero-order valence-electron chi connectivity index (χ0n) is 15.8. The van der Waals surface area contributed by atoms with Crippen molar-refractivity contribution in [3.8, 4) is 23.0 Å². The van der Waals surface area contributed by atoms with Gasteiger partial charge < -0.3 is 14.4 Å². The Balaban J connectivity index is 1.48. The van der Waals surface area contributed by atoms with E-state index in [4.69, 9.17) is 16.1 Å². The van der Waals surface area contributed by atoms with E-state index in [9.17, 15) is 14.0 Å². The molecule has 0 aliphatic rings. The van der Waals surface area contributed by atoms with Crippen molar-refractivity contribution in [3.05, 3.63) is 81.9 Å². The summed E-state index contributed by atoms with van der Waals surface area (Å²) >= 11 is 5.96. The molecule has 1 N–H and O–H groups in total. The van der Waals surface area contributed by atoms with Gasteiger partial charge in [0.1, 0.15) is 23.6 Å². The number of halogens is 2. The van der Waals surface area contributed by atoms with Crippen molar-refractivity contribution in [3.63, 3.8) is 0 Å². The Morgan fingerprint density at radius 1 is 1.26 bits per heavy atom. The van der Waals surface area contributed by atoms with Crippen LogP contribution in [0.5, 0.6) is 0 Å². The van der Waals surface area contributed by atoms with Crippen LogP contribution in [0.3, 0.4) is 0 Å². The van der Waals surface area contributed by atoms with Crippen LogP contribution < -0.4 is 10.9 Å². The molecule has 0 spiro atoms. The topological polar surface area (TPSA) is 116 Å². The van der Waals surface area contributed by atoms with Gasteiger partial charge in [0.15, 0.2) is 0 Å². The Labute approximate surface area is 179 Å². The number of carbonyl (C=O) groups is 1. The lowest BCUT2D eigenvalue weighted by molar-refractivity contribution is -0.121. The number of rotatable bonds is 6. The van der Waals surface area contributed by atoms with Crippen molar-refractivity contribution < 1.29 is 13.7 Å². The summed E-state index contributed by atoms with van der Waals surface area (Å²) in [4.78, 5) is 37.3. The monoisotopic (exact) mass is 440 g/mol. The van der Waals surface area contributed by atoms with Crippen molar-refractivity contribution in [2.24, 2.45) is 0 Å². The van der Waals surface area contributed by atoms with Gasteiger partial charge in [0.25, 0.3) is 11.4 Å². The molecule has 0 bridgehead atoms. The first kappa shape index (κ1) is 20.4. The van der Waals surface area contributed by atoms with Crippen LogP contribution >= 0.6 is 11.6 Å². The molecule has 0 fully saturated rings. The summed E-state index contributed by atoms with van der Waals surface area (Å²) in [5, 5.41) is 6.67. The molecule has 0 saturated carbocycles. The van der Waals surface area contributed by atoms with E-state index in [1.165, 1.54) is 47.6 Å². The highest BCUT2D eigenvalue weighted by Crippen LogP contribution is 2.18. The lowest BCUT2D eigenvalue weighted by atomic mass is 10.2. The predicted octanol–water partition coefficient (Wildman–Crippen LogP) is 2.46. The number of nitrogens with zero attached hydrogens (tertiary/aromatic N) is 5. The highest BCUT2D eigenvalue weighted by molar-refractivity contribution is 6.31. The van der Waals surface area contributed by atoms with Crippen LogP contribution in [0.15, 0.2) is 64.4 Å². The average Bonchev–Trinajstić information content (AvgIpc) is 3.25. The third-order valence-corrected chi connectivity index (χ3v) is 4.63. The normalized spacial score (nSPS) is 10.8. The lowest BCUT2D eigenvalue weighted by Gasteiger charge is -2.09. The molecular weight excluding hydrogens is 427 g/mol. The van der Waals surface area contributed by atoms with Crippen LogP contribution in [0.2, 0.25) is 5.02 Å². The Morgan fingerprint density at radius 3 is 2.90 bits per heavy atom. The minimum Gasteiger partial charge on any atom is -0.350 e. The second-order valence-corrected chi connectivity index (χ2v) is 6.79. The van der Waals surface area contributed by atoms with Crippen LogP contribution in [-0.4, -0.2) is 30.6 Å². The van der Waals surface area contributed by atoms with Gasteiger partial charge in [0, 0.05) is 30.2 Å². The van der Waals surface area contributed by atoms with Crippen LogP contribution in [0, 0.1) is 5.82 Å². The third-order valence-electron chi connectivity index (χ3n) is 4.27. The second-order valence-electron chi connectivity index (χ2n) is 6.38. The smallest absolute Gasteiger partial charge is 0.263 e. The van der Waals surface area contributed by atoms with Crippen LogP contribution in [0.4, 0.5) is 4.39 Å². The minimum absolute atomic E-state index is 0.00138. The average molecular weight is 441 g/mol. The molecule has 0 saturated heterocycles. The number of nitrogens with one attached hydrogen (secondary N) is 1. The fraction of sp³-hybridized carbons (Fsp3) is 0.100. The molecule has 1 amide bonds. The minimum atomic E-state index is -0.480. The van der Waals surface area contributed by atoms with E-state index in [1.807, 2.05) is 0 Å². The number of hydrogen-bond acceptors (Lipinski definition) is 7. The molecule has 31 heavy (non-hydrogen) atoms. The molecule has 3 aromatic heterocycles. The fourth-order valence-corrected chi connectivity index (χ4v) is 2.98. The number of hydrogen-bond donors (Lipinski definition) is 1. The summed E-state index contributed by atoms with van der Waals surface area (Å²) in [6.07, 6.45) is 5.93. The number of amides is 1. The standard InChI is InChI=1S/C20H14ClFN6O3/c21-15-8-13(22)4-3-12(15)9-25-17(29)11-28-7-1-2-14(20(28)30)19-26-18(27-31-19)16-10-23-5-6-24-16/h1-8,10H,9,11H2,(H,25,29). The molecule has 3 heterocycles. The third kappa shape index (κ3) is 4.64. The Kier molecular flexibility index (Phi) is 5.80. The van der Waals surface area contributed by atoms with Crippen molar-refractivity contribution in [1.82, 2.24) is 30.0 Å². The first-order valence-electron chi connectivity index (χ1n) is 9.02. The Morgan fingerprint density at radius 2 is 2.13 bits per heavy atom. The number of pyridine rings is 1. The van der Waals surface area contributed by atoms with Gasteiger partial charge in [-0.05, 0) is 29.8 Å². The quantitative estimate of drug-likeness (QED) is 0.489. The van der Waals surface area contributed by atoms with Gasteiger partial charge in [-0.2, -0.15) is 4.98 Å². The summed E-state index contributed by atoms with van der Waals surface area (Å²) in [5.41, 5.74) is 0.610. The molecule has 156 valence electrons. The van der Waals surface area contributed by atoms with Crippen molar-refractivity contribution >= 4 is 17.5 Å². The van der Waals surface area contributed by atoms with Gasteiger partial charge >= 0.3 is 0 Å². The molecule has 0 unspecified atom stereocenters. The molecule has 0 radical (unpaired) electrons. The van der Waals surface area contributed by atoms with Crippen LogP contribution in [0.1, 0.15) is 5.56 Å². The summed E-state index contributed by atoms with van der Waals surface area (Å²) < 4.78 is 19.5. The van der Waals surface area contributed by atoms with E-state index < -0.39 is 17.3 Å². The van der Waals surface area contributed by atoms with Crippen LogP contribution in [0.25, 0.3) is 23.0 Å². The molecule has 9 nitrogen and oxygen atoms in total. The van der Waals surface area contributed by atoms with E-state index in [1.54, 1.807) is 6.07 Å². The summed E-state index contributed by atoms with van der Waals surface area (Å²) in [6, 6.07) is 7.00. The Bertz CT molecular complexity index is 1290. The maximum Gasteiger partial charge on any atom is 0.263 e. The summed E-state index contributed by atoms with van der Waals surface area (Å²) in [5.74, 6) is -0.706. The number of carbonyl (C=O) groups excluding carboxylic acids is 1. The van der Waals surface area contributed by atoms with E-state index in [0.717, 1.165) is 6.07 Å². The van der Waals surface area contributed by atoms with Crippen molar-refractivity contribution in [2.45, 2.75) is 13.1 Å². The van der Waals surface area contributed by atoms with Crippen molar-refractivity contribution in [1.29, 1.82) is 0 Å². The molecule has 4 rings (SSSR count). The number of benzene rings is 1. The first-order valence-corrected chi connectivity index (χ1v) is 9.39. The second kappa shape index (κ2) is 8.84. The summed E-state index contributed by atoms with van der Waals surface area (Å²) in [7, 11) is 0. The van der Waals surface area contributed by atoms with Crippen LogP contribution in [-0.2, 0) is 17.9 Å². The SMILES string of the molecule is O=C(Cn1cccc(-c2nc(-c3cnccn3)no2)c1=O)NCc1ccc(F)cc1Cl. The first-order chi connectivity index (χ1) is 15.0. The zero-order chi connectivity index (χ0) is 21.8. The number of aromatic nitrogens is 5. The van der Waals surface area contributed by atoms with E-state index in [-0.39, 0.29) is 35.4 Å². The van der Waals surface area contributed by atoms with Crippen molar-refractivity contribution in [2.75, 3.05) is 0 Å². The lowest BCUT2D eigenvalue weighted by Crippen LogP contribution is -2.32. The molecular formula is C20H14ClFN6O3. The van der Waals surface area contributed by atoms with Gasteiger partial charge in [0.2, 0.25) is 11.7 Å². The fourth-order valence-electron chi connectivity index (χ4n) is 2.75. The maximum atomic E-state index is 13.1. The van der Waals surface area contributed by atoms with Gasteiger partial charge in [-0.1, -0.05) is 22.8 Å². The maximum absolute atomic E-state index is 13.1. The Hall–Kier alpha value is -3.92. The predicted molar refractivity (Wildman–Crippen MR) is 108 cm³/mol. The largest absolute Gasteiger partial charge is 0.350 e. The van der Waals surface area contributed by atoms with Gasteiger partial charge in [-0.3, -0.25) is 14.6 Å². The molecule has 0 aliphatic carbocycles. The van der Waals surface area contributed by atoms with E-state index >= 15 is 0 Å². The van der Waals surface area contributed by atoms with E-state index in [0.29, 0.717) is 11.3 Å². The molecule has 0 aliphatic heterocycles. The van der Waals surface area contributed by atoms with Gasteiger partial charge in [-0.15, -0.1) is 0 Å². The van der Waals surface area contributed by atoms with E-state index in [2.05, 4.69) is 25.4 Å². The molecule has 4 aromatic rings. The molecule has 11 heteroatoms. The zero-order valence-corrected chi connectivity index (χ0v) is 16.6. The van der Waals surface area contributed by atoms with Gasteiger partial charge in [0.05, 0.1) is 6.20 Å².